The molecule has 0 unspecified atom stereocenters. The lowest BCUT2D eigenvalue weighted by Crippen LogP contribution is -2.59. The molecule has 1 aliphatic rings. The molecule has 0 aromatic heterocycles. The Balaban J connectivity index is 1.87. The van der Waals surface area contributed by atoms with Crippen LogP contribution in [0.2, 0.25) is 0 Å². The molecule has 0 spiro atoms. The van der Waals surface area contributed by atoms with Crippen molar-refractivity contribution in [3.05, 3.63) is 35.9 Å². The van der Waals surface area contributed by atoms with Gasteiger partial charge < -0.3 is 15.5 Å². The molecule has 1 heterocycles. The molecule has 0 saturated carbocycles. The van der Waals surface area contributed by atoms with Crippen molar-refractivity contribution in [3.8, 4) is 0 Å². The summed E-state index contributed by atoms with van der Waals surface area (Å²) in [6, 6.07) is 10.1. The van der Waals surface area contributed by atoms with Crippen LogP contribution in [0, 0.1) is 0 Å². The third kappa shape index (κ3) is 5.30. The summed E-state index contributed by atoms with van der Waals surface area (Å²) in [6.45, 7) is 3.29. The van der Waals surface area contributed by atoms with Crippen molar-refractivity contribution in [3.63, 3.8) is 0 Å². The number of aliphatic hydroxyl groups excluding tert-OH is 2. The molecule has 1 aromatic rings. The van der Waals surface area contributed by atoms with E-state index in [0.717, 1.165) is 19.4 Å². The molecule has 5 nitrogen and oxygen atoms in total. The van der Waals surface area contributed by atoms with Gasteiger partial charge in [0.25, 0.3) is 0 Å². The van der Waals surface area contributed by atoms with Crippen LogP contribution in [-0.2, 0) is 11.2 Å². The summed E-state index contributed by atoms with van der Waals surface area (Å²) >= 11 is 0. The highest BCUT2D eigenvalue weighted by Gasteiger charge is 2.34. The SMILES string of the molecule is CCC(=O)N[C@H]1CN(CCCc2ccccc2)[C@H](CO)C[C@@H]1O. The summed E-state index contributed by atoms with van der Waals surface area (Å²) < 4.78 is 0. The first-order valence-electron chi connectivity index (χ1n) is 8.50. The van der Waals surface area contributed by atoms with Gasteiger partial charge in [-0.25, -0.2) is 0 Å². The topological polar surface area (TPSA) is 72.8 Å². The van der Waals surface area contributed by atoms with Crippen molar-refractivity contribution in [2.24, 2.45) is 0 Å². The Hall–Kier alpha value is -1.43. The van der Waals surface area contributed by atoms with Crippen molar-refractivity contribution in [2.45, 2.75) is 50.8 Å². The van der Waals surface area contributed by atoms with E-state index in [1.165, 1.54) is 5.56 Å². The molecule has 1 aliphatic heterocycles. The summed E-state index contributed by atoms with van der Waals surface area (Å²) in [6.07, 6.45) is 2.31. The maximum atomic E-state index is 11.6. The maximum absolute atomic E-state index is 11.6. The molecule has 0 aliphatic carbocycles. The van der Waals surface area contributed by atoms with Gasteiger partial charge in [0.2, 0.25) is 5.91 Å². The van der Waals surface area contributed by atoms with E-state index in [1.807, 2.05) is 18.2 Å². The first kappa shape index (κ1) is 17.9. The van der Waals surface area contributed by atoms with Crippen molar-refractivity contribution < 1.29 is 15.0 Å². The Morgan fingerprint density at radius 3 is 2.74 bits per heavy atom. The smallest absolute Gasteiger partial charge is 0.220 e. The van der Waals surface area contributed by atoms with Crippen molar-refractivity contribution in [1.82, 2.24) is 10.2 Å². The van der Waals surface area contributed by atoms with E-state index in [4.69, 9.17) is 0 Å². The normalized spacial score (nSPS) is 25.3. The minimum absolute atomic E-state index is 0.0319. The molecule has 1 aromatic carbocycles. The quantitative estimate of drug-likeness (QED) is 0.699. The fourth-order valence-corrected chi connectivity index (χ4v) is 3.16. The number of amides is 1. The first-order chi connectivity index (χ1) is 11.1. The van der Waals surface area contributed by atoms with E-state index in [0.29, 0.717) is 19.4 Å². The Kier molecular flexibility index (Phi) is 7.02. The predicted molar refractivity (Wildman–Crippen MR) is 90.1 cm³/mol. The van der Waals surface area contributed by atoms with Crippen LogP contribution >= 0.6 is 0 Å². The Morgan fingerprint density at radius 2 is 2.09 bits per heavy atom. The van der Waals surface area contributed by atoms with Gasteiger partial charge in [-0.05, 0) is 31.4 Å². The number of rotatable bonds is 7. The number of nitrogens with one attached hydrogen (secondary N) is 1. The number of hydrogen-bond donors (Lipinski definition) is 3. The largest absolute Gasteiger partial charge is 0.395 e. The molecule has 23 heavy (non-hydrogen) atoms. The average Bonchev–Trinajstić information content (AvgIpc) is 2.58. The summed E-state index contributed by atoms with van der Waals surface area (Å²) in [5, 5.41) is 22.6. The number of aliphatic hydroxyl groups is 2. The Labute approximate surface area is 138 Å². The molecule has 3 atom stereocenters. The minimum atomic E-state index is -0.590. The van der Waals surface area contributed by atoms with Crippen molar-refractivity contribution >= 4 is 5.91 Å². The Morgan fingerprint density at radius 1 is 1.35 bits per heavy atom. The monoisotopic (exact) mass is 320 g/mol. The number of carbonyl (C=O) groups excluding carboxylic acids is 1. The summed E-state index contributed by atoms with van der Waals surface area (Å²) in [5.74, 6) is -0.0410. The van der Waals surface area contributed by atoms with E-state index < -0.39 is 6.10 Å². The highest BCUT2D eigenvalue weighted by molar-refractivity contribution is 5.75. The molecule has 1 saturated heterocycles. The molecule has 128 valence electrons. The number of aryl methyl sites for hydroxylation is 1. The highest BCUT2D eigenvalue weighted by Crippen LogP contribution is 2.19. The predicted octanol–water partition coefficient (Wildman–Crippen LogP) is 0.941. The van der Waals surface area contributed by atoms with Gasteiger partial charge in [-0.15, -0.1) is 0 Å². The number of piperidine rings is 1. The number of nitrogens with zero attached hydrogens (tertiary/aromatic N) is 1. The van der Waals surface area contributed by atoms with Gasteiger partial charge in [0.05, 0.1) is 18.8 Å². The van der Waals surface area contributed by atoms with Gasteiger partial charge in [0.15, 0.2) is 0 Å². The van der Waals surface area contributed by atoms with E-state index in [-0.39, 0.29) is 24.6 Å². The minimum Gasteiger partial charge on any atom is -0.395 e. The molecule has 2 rings (SSSR count). The zero-order valence-corrected chi connectivity index (χ0v) is 13.8. The number of likely N-dealkylation sites (tertiary alicyclic amines) is 1. The van der Waals surface area contributed by atoms with Crippen molar-refractivity contribution in [1.29, 1.82) is 0 Å². The van der Waals surface area contributed by atoms with Crippen LogP contribution in [0.4, 0.5) is 0 Å². The molecule has 5 heteroatoms. The van der Waals surface area contributed by atoms with Crippen LogP contribution < -0.4 is 5.32 Å². The third-order valence-electron chi connectivity index (χ3n) is 4.56. The van der Waals surface area contributed by atoms with Crippen LogP contribution in [0.3, 0.4) is 0 Å². The summed E-state index contributed by atoms with van der Waals surface area (Å²) in [4.78, 5) is 13.8. The second-order valence-electron chi connectivity index (χ2n) is 6.25. The molecule has 1 fully saturated rings. The summed E-state index contributed by atoms with van der Waals surface area (Å²) in [7, 11) is 0. The van der Waals surface area contributed by atoms with Crippen LogP contribution in [0.1, 0.15) is 31.7 Å². The maximum Gasteiger partial charge on any atom is 0.220 e. The zero-order chi connectivity index (χ0) is 16.7. The van der Waals surface area contributed by atoms with Gasteiger partial charge in [0.1, 0.15) is 0 Å². The Bertz CT molecular complexity index is 480. The van der Waals surface area contributed by atoms with Crippen molar-refractivity contribution in [2.75, 3.05) is 19.7 Å². The molecule has 0 radical (unpaired) electrons. The lowest BCUT2D eigenvalue weighted by atomic mass is 9.95. The molecule has 3 N–H and O–H groups in total. The van der Waals surface area contributed by atoms with Gasteiger partial charge in [-0.2, -0.15) is 0 Å². The van der Waals surface area contributed by atoms with E-state index in [1.54, 1.807) is 6.92 Å². The average molecular weight is 320 g/mol. The van der Waals surface area contributed by atoms with Gasteiger partial charge >= 0.3 is 0 Å². The fourth-order valence-electron chi connectivity index (χ4n) is 3.16. The van der Waals surface area contributed by atoms with Gasteiger partial charge in [0, 0.05) is 19.0 Å². The second-order valence-corrected chi connectivity index (χ2v) is 6.25. The third-order valence-corrected chi connectivity index (χ3v) is 4.56. The van der Waals surface area contributed by atoms with Crippen LogP contribution in [-0.4, -0.2) is 58.9 Å². The van der Waals surface area contributed by atoms with Gasteiger partial charge in [-0.3, -0.25) is 9.69 Å². The molecular formula is C18H28N2O3. The number of benzene rings is 1. The summed E-state index contributed by atoms with van der Waals surface area (Å²) in [5.41, 5.74) is 1.31. The molecule has 0 bridgehead atoms. The van der Waals surface area contributed by atoms with Crippen LogP contribution in [0.25, 0.3) is 0 Å². The van der Waals surface area contributed by atoms with Gasteiger partial charge in [-0.1, -0.05) is 37.3 Å². The van der Waals surface area contributed by atoms with Crippen LogP contribution in [0.5, 0.6) is 0 Å². The fraction of sp³-hybridized carbons (Fsp3) is 0.611. The lowest BCUT2D eigenvalue weighted by molar-refractivity contribution is -0.123. The first-order valence-corrected chi connectivity index (χ1v) is 8.50. The standard InChI is InChI=1S/C18H28N2O3/c1-2-18(23)19-16-12-20(15(13-21)11-17(16)22)10-6-9-14-7-4-3-5-8-14/h3-5,7-8,15-17,21-22H,2,6,9-13H2,1H3,(H,19,23)/t15-,16-,17-/m0/s1. The highest BCUT2D eigenvalue weighted by atomic mass is 16.3. The van der Waals surface area contributed by atoms with Crippen LogP contribution in [0.15, 0.2) is 30.3 Å². The second kappa shape index (κ2) is 9.01. The van der Waals surface area contributed by atoms with E-state index in [2.05, 4.69) is 22.3 Å². The number of carbonyl (C=O) groups is 1. The van der Waals surface area contributed by atoms with E-state index in [9.17, 15) is 15.0 Å². The zero-order valence-electron chi connectivity index (χ0n) is 13.8. The van der Waals surface area contributed by atoms with E-state index >= 15 is 0 Å². The number of hydrogen-bond acceptors (Lipinski definition) is 4. The lowest BCUT2D eigenvalue weighted by Gasteiger charge is -2.42. The molecule has 1 amide bonds. The molecular weight excluding hydrogens is 292 g/mol.